The Morgan fingerprint density at radius 3 is 2.38 bits per heavy atom. The second kappa shape index (κ2) is 5.34. The molecule has 0 bridgehead atoms. The maximum atomic E-state index is 11.0. The van der Waals surface area contributed by atoms with E-state index in [2.05, 4.69) is 36.9 Å². The van der Waals surface area contributed by atoms with Crippen molar-refractivity contribution in [2.24, 2.45) is 0 Å². The lowest BCUT2D eigenvalue weighted by atomic mass is 10.1. The zero-order chi connectivity index (χ0) is 15.0. The summed E-state index contributed by atoms with van der Waals surface area (Å²) in [5.74, 6) is -0.856. The fraction of sp³-hybridized carbons (Fsp3) is 0.278. The van der Waals surface area contributed by atoms with Crippen LogP contribution in [0.25, 0.3) is 0 Å². The van der Waals surface area contributed by atoms with Gasteiger partial charge in [0.1, 0.15) is 0 Å². The largest absolute Gasteiger partial charge is 0.478 e. The minimum atomic E-state index is -0.856. The van der Waals surface area contributed by atoms with Crippen molar-refractivity contribution >= 4 is 5.97 Å². The molecule has 0 radical (unpaired) electrons. The number of aromatic carboxylic acids is 1. The van der Waals surface area contributed by atoms with E-state index < -0.39 is 5.97 Å². The van der Waals surface area contributed by atoms with Crippen LogP contribution >= 0.6 is 0 Å². The highest BCUT2D eigenvalue weighted by molar-refractivity contribution is 5.87. The molecule has 0 atom stereocenters. The van der Waals surface area contributed by atoms with Crippen molar-refractivity contribution in [3.8, 4) is 0 Å². The van der Waals surface area contributed by atoms with Gasteiger partial charge in [-0.3, -0.25) is 4.90 Å². The standard InChI is InChI=1S/C18H19NO2/c1-12-5-13(2)7-14(6-12)9-19-10-16-4-3-15(18(20)21)8-17(16)11-19/h3-8H,9-11H2,1-2H3,(H,20,21). The van der Waals surface area contributed by atoms with Gasteiger partial charge in [-0.05, 0) is 42.7 Å². The van der Waals surface area contributed by atoms with Crippen LogP contribution in [0.5, 0.6) is 0 Å². The van der Waals surface area contributed by atoms with Crippen LogP contribution in [0.3, 0.4) is 0 Å². The number of hydrogen-bond acceptors (Lipinski definition) is 2. The molecule has 0 aromatic heterocycles. The Morgan fingerprint density at radius 2 is 1.71 bits per heavy atom. The number of fused-ring (bicyclic) bond motifs is 1. The lowest BCUT2D eigenvalue weighted by Crippen LogP contribution is -2.15. The first-order valence-electron chi connectivity index (χ1n) is 7.16. The van der Waals surface area contributed by atoms with E-state index in [0.29, 0.717) is 5.56 Å². The molecule has 3 rings (SSSR count). The lowest BCUT2D eigenvalue weighted by Gasteiger charge is -2.15. The van der Waals surface area contributed by atoms with Crippen LogP contribution in [0.1, 0.15) is 38.2 Å². The van der Waals surface area contributed by atoms with Gasteiger partial charge in [0.2, 0.25) is 0 Å². The molecule has 2 aromatic rings. The van der Waals surface area contributed by atoms with Crippen molar-refractivity contribution in [3.63, 3.8) is 0 Å². The number of aryl methyl sites for hydroxylation is 2. The maximum Gasteiger partial charge on any atom is 0.335 e. The summed E-state index contributed by atoms with van der Waals surface area (Å²) in [6, 6.07) is 12.1. The number of hydrogen-bond donors (Lipinski definition) is 1. The highest BCUT2D eigenvalue weighted by atomic mass is 16.4. The summed E-state index contributed by atoms with van der Waals surface area (Å²) in [5, 5.41) is 9.06. The maximum absolute atomic E-state index is 11.0. The van der Waals surface area contributed by atoms with Crippen LogP contribution in [0.2, 0.25) is 0 Å². The average molecular weight is 281 g/mol. The Morgan fingerprint density at radius 1 is 1.05 bits per heavy atom. The van der Waals surface area contributed by atoms with Crippen LogP contribution in [-0.4, -0.2) is 16.0 Å². The minimum Gasteiger partial charge on any atom is -0.478 e. The number of carbonyl (C=O) groups is 1. The lowest BCUT2D eigenvalue weighted by molar-refractivity contribution is 0.0696. The van der Waals surface area contributed by atoms with Crippen molar-refractivity contribution in [1.29, 1.82) is 0 Å². The second-order valence-electron chi connectivity index (χ2n) is 5.93. The summed E-state index contributed by atoms with van der Waals surface area (Å²) in [5.41, 5.74) is 6.65. The van der Waals surface area contributed by atoms with E-state index in [9.17, 15) is 4.79 Å². The van der Waals surface area contributed by atoms with E-state index >= 15 is 0 Å². The van der Waals surface area contributed by atoms with E-state index in [0.717, 1.165) is 25.2 Å². The molecule has 0 spiro atoms. The predicted octanol–water partition coefficient (Wildman–Crippen LogP) is 3.52. The van der Waals surface area contributed by atoms with Crippen molar-refractivity contribution in [1.82, 2.24) is 4.90 Å². The molecular weight excluding hydrogens is 262 g/mol. The normalized spacial score (nSPS) is 14.2. The van der Waals surface area contributed by atoms with Gasteiger partial charge in [0.15, 0.2) is 0 Å². The molecule has 0 saturated heterocycles. The molecule has 21 heavy (non-hydrogen) atoms. The summed E-state index contributed by atoms with van der Waals surface area (Å²) < 4.78 is 0. The zero-order valence-electron chi connectivity index (χ0n) is 12.4. The van der Waals surface area contributed by atoms with E-state index in [1.807, 2.05) is 6.07 Å². The third kappa shape index (κ3) is 2.98. The molecule has 1 aliphatic heterocycles. The van der Waals surface area contributed by atoms with Gasteiger partial charge in [-0.2, -0.15) is 0 Å². The fourth-order valence-electron chi connectivity index (χ4n) is 3.13. The first-order chi connectivity index (χ1) is 10.0. The molecule has 0 fully saturated rings. The van der Waals surface area contributed by atoms with E-state index in [4.69, 9.17) is 5.11 Å². The van der Waals surface area contributed by atoms with Gasteiger partial charge in [0.25, 0.3) is 0 Å². The van der Waals surface area contributed by atoms with Gasteiger partial charge in [-0.1, -0.05) is 35.4 Å². The third-order valence-corrected chi connectivity index (χ3v) is 3.93. The average Bonchev–Trinajstić information content (AvgIpc) is 2.78. The molecule has 0 unspecified atom stereocenters. The Bertz CT molecular complexity index is 686. The van der Waals surface area contributed by atoms with Crippen molar-refractivity contribution in [2.45, 2.75) is 33.5 Å². The van der Waals surface area contributed by atoms with E-state index in [-0.39, 0.29) is 0 Å². The zero-order valence-corrected chi connectivity index (χ0v) is 12.4. The Labute approximate surface area is 124 Å². The van der Waals surface area contributed by atoms with Crippen LogP contribution < -0.4 is 0 Å². The van der Waals surface area contributed by atoms with Crippen LogP contribution in [0.15, 0.2) is 36.4 Å². The topological polar surface area (TPSA) is 40.5 Å². The minimum absolute atomic E-state index is 0.377. The smallest absolute Gasteiger partial charge is 0.335 e. The van der Waals surface area contributed by atoms with Gasteiger partial charge in [0, 0.05) is 19.6 Å². The molecule has 3 heteroatoms. The van der Waals surface area contributed by atoms with Crippen molar-refractivity contribution in [3.05, 3.63) is 69.8 Å². The SMILES string of the molecule is Cc1cc(C)cc(CN2Cc3ccc(C(=O)O)cc3C2)c1. The number of carboxylic acid groups (broad SMARTS) is 1. The quantitative estimate of drug-likeness (QED) is 0.935. The van der Waals surface area contributed by atoms with Crippen LogP contribution in [-0.2, 0) is 19.6 Å². The first-order valence-corrected chi connectivity index (χ1v) is 7.16. The Hall–Kier alpha value is -2.13. The van der Waals surface area contributed by atoms with Crippen molar-refractivity contribution < 1.29 is 9.90 Å². The molecule has 1 heterocycles. The Kier molecular flexibility index (Phi) is 3.52. The monoisotopic (exact) mass is 281 g/mol. The molecule has 0 amide bonds. The van der Waals surface area contributed by atoms with Crippen molar-refractivity contribution in [2.75, 3.05) is 0 Å². The van der Waals surface area contributed by atoms with Crippen LogP contribution in [0.4, 0.5) is 0 Å². The van der Waals surface area contributed by atoms with Gasteiger partial charge >= 0.3 is 5.97 Å². The second-order valence-corrected chi connectivity index (χ2v) is 5.93. The highest BCUT2D eigenvalue weighted by Gasteiger charge is 2.20. The van der Waals surface area contributed by atoms with Gasteiger partial charge in [-0.15, -0.1) is 0 Å². The fourth-order valence-corrected chi connectivity index (χ4v) is 3.13. The molecule has 2 aromatic carbocycles. The van der Waals surface area contributed by atoms with Crippen LogP contribution in [0, 0.1) is 13.8 Å². The predicted molar refractivity (Wildman–Crippen MR) is 82.3 cm³/mol. The molecular formula is C18H19NO2. The molecule has 0 saturated carbocycles. The van der Waals surface area contributed by atoms with Gasteiger partial charge in [-0.25, -0.2) is 4.79 Å². The molecule has 108 valence electrons. The molecule has 0 aliphatic carbocycles. The summed E-state index contributed by atoms with van der Waals surface area (Å²) in [6.45, 7) is 6.86. The molecule has 3 nitrogen and oxygen atoms in total. The van der Waals surface area contributed by atoms with Gasteiger partial charge < -0.3 is 5.11 Å². The molecule has 1 N–H and O–H groups in total. The Balaban J connectivity index is 1.77. The third-order valence-electron chi connectivity index (χ3n) is 3.93. The summed E-state index contributed by atoms with van der Waals surface area (Å²) in [7, 11) is 0. The summed E-state index contributed by atoms with van der Waals surface area (Å²) >= 11 is 0. The number of carboxylic acids is 1. The number of benzene rings is 2. The van der Waals surface area contributed by atoms with E-state index in [1.54, 1.807) is 12.1 Å². The highest BCUT2D eigenvalue weighted by Crippen LogP contribution is 2.25. The number of nitrogens with zero attached hydrogens (tertiary/aromatic N) is 1. The molecule has 1 aliphatic rings. The first kappa shape index (κ1) is 13.8. The van der Waals surface area contributed by atoms with Gasteiger partial charge in [0.05, 0.1) is 5.56 Å². The van der Waals surface area contributed by atoms with E-state index in [1.165, 1.54) is 22.3 Å². The summed E-state index contributed by atoms with van der Waals surface area (Å²) in [6.07, 6.45) is 0. The summed E-state index contributed by atoms with van der Waals surface area (Å²) in [4.78, 5) is 13.4. The number of rotatable bonds is 3.